The van der Waals surface area contributed by atoms with E-state index in [0.29, 0.717) is 5.69 Å². The Balaban J connectivity index is 2.37. The average molecular weight is 398 g/mol. The molecular weight excluding hydrogens is 385 g/mol. The Kier molecular flexibility index (Phi) is 5.70. The Labute approximate surface area is 155 Å². The number of carbonyl (C=O) groups is 1. The predicted octanol–water partition coefficient (Wildman–Crippen LogP) is 3.37. The molecule has 0 aromatic heterocycles. The molecule has 0 saturated carbocycles. The van der Waals surface area contributed by atoms with Crippen LogP contribution in [0.2, 0.25) is 10.0 Å². The fourth-order valence-corrected chi connectivity index (χ4v) is 3.29. The number of anilines is 1. The van der Waals surface area contributed by atoms with Gasteiger partial charge in [0.05, 0.1) is 26.1 Å². The lowest BCUT2D eigenvalue weighted by Crippen LogP contribution is -2.23. The maximum Gasteiger partial charge on any atom is 0.257 e. The van der Waals surface area contributed by atoms with E-state index in [2.05, 4.69) is 5.32 Å². The van der Waals surface area contributed by atoms with Gasteiger partial charge in [0, 0.05) is 19.8 Å². The summed E-state index contributed by atoms with van der Waals surface area (Å²) in [5, 5.41) is 11.7. The molecule has 9 heteroatoms. The maximum atomic E-state index is 12.4. The summed E-state index contributed by atoms with van der Waals surface area (Å²) in [6.07, 6.45) is 0. The fourth-order valence-electron chi connectivity index (χ4n) is 1.93. The van der Waals surface area contributed by atoms with Crippen molar-refractivity contribution >= 4 is 44.8 Å². The first-order valence-corrected chi connectivity index (χ1v) is 9.09. The number of amides is 1. The topological polar surface area (TPSA) is 90.3 Å². The monoisotopic (exact) mass is 397 g/mol. The highest BCUT2D eigenvalue weighted by molar-refractivity contribution is 7.89. The summed E-state index contributed by atoms with van der Waals surface area (Å²) in [4.78, 5) is 12.4. The number of benzene rings is 2. The molecule has 0 aliphatic rings. The van der Waals surface area contributed by atoms with E-state index in [1.54, 1.807) is 0 Å². The second-order valence-corrected chi connectivity index (χ2v) is 8.16. The van der Waals surface area contributed by atoms with Crippen molar-refractivity contribution in [3.05, 3.63) is 57.6 Å². The number of nitrogens with one attached hydrogen (secondary N) is 1. The van der Waals surface area contributed by atoms with Crippen molar-refractivity contribution in [3.8, 4) is 6.07 Å². The van der Waals surface area contributed by atoms with Gasteiger partial charge in [-0.05, 0) is 36.4 Å². The van der Waals surface area contributed by atoms with E-state index in [1.807, 2.05) is 6.07 Å². The van der Waals surface area contributed by atoms with E-state index in [9.17, 15) is 13.2 Å². The lowest BCUT2D eigenvalue weighted by molar-refractivity contribution is 0.102. The maximum absolute atomic E-state index is 12.4. The Bertz CT molecular complexity index is 983. The molecule has 0 radical (unpaired) electrons. The normalized spacial score (nSPS) is 11.2. The molecule has 0 fully saturated rings. The molecule has 0 aliphatic carbocycles. The van der Waals surface area contributed by atoms with Crippen LogP contribution in [0, 0.1) is 11.3 Å². The van der Waals surface area contributed by atoms with E-state index in [-0.39, 0.29) is 26.1 Å². The first-order chi connectivity index (χ1) is 11.7. The van der Waals surface area contributed by atoms with E-state index < -0.39 is 15.9 Å². The zero-order valence-electron chi connectivity index (χ0n) is 13.2. The summed E-state index contributed by atoms with van der Waals surface area (Å²) in [6, 6.07) is 10.2. The molecule has 0 spiro atoms. The molecular formula is C16H13Cl2N3O3S. The second kappa shape index (κ2) is 7.42. The third kappa shape index (κ3) is 4.11. The van der Waals surface area contributed by atoms with E-state index >= 15 is 0 Å². The first kappa shape index (κ1) is 19.2. The minimum absolute atomic E-state index is 0.00470. The SMILES string of the molecule is CN(C)S(=O)(=O)c1ccc(Cl)c(C(=O)Nc2ccc(C#N)c(Cl)c2)c1. The smallest absolute Gasteiger partial charge is 0.257 e. The van der Waals surface area contributed by atoms with Gasteiger partial charge in [-0.3, -0.25) is 4.79 Å². The van der Waals surface area contributed by atoms with Crippen LogP contribution in [0.1, 0.15) is 15.9 Å². The summed E-state index contributed by atoms with van der Waals surface area (Å²) in [5.41, 5.74) is 0.632. The summed E-state index contributed by atoms with van der Waals surface area (Å²) >= 11 is 12.0. The van der Waals surface area contributed by atoms with Crippen LogP contribution in [0.4, 0.5) is 5.69 Å². The number of nitriles is 1. The van der Waals surface area contributed by atoms with Crippen LogP contribution in [0.5, 0.6) is 0 Å². The molecule has 130 valence electrons. The van der Waals surface area contributed by atoms with E-state index in [1.165, 1.54) is 50.5 Å². The highest BCUT2D eigenvalue weighted by Gasteiger charge is 2.21. The third-order valence-electron chi connectivity index (χ3n) is 3.31. The molecule has 0 saturated heterocycles. The minimum Gasteiger partial charge on any atom is -0.322 e. The number of halogens is 2. The lowest BCUT2D eigenvalue weighted by atomic mass is 10.2. The first-order valence-electron chi connectivity index (χ1n) is 6.90. The van der Waals surface area contributed by atoms with Gasteiger partial charge < -0.3 is 5.32 Å². The van der Waals surface area contributed by atoms with Crippen LogP contribution in [0.25, 0.3) is 0 Å². The molecule has 0 aliphatic heterocycles. The Morgan fingerprint density at radius 3 is 2.36 bits per heavy atom. The largest absolute Gasteiger partial charge is 0.322 e. The van der Waals surface area contributed by atoms with Gasteiger partial charge in [-0.25, -0.2) is 12.7 Å². The van der Waals surface area contributed by atoms with Gasteiger partial charge in [0.15, 0.2) is 0 Å². The Hall–Kier alpha value is -2.11. The molecule has 6 nitrogen and oxygen atoms in total. The van der Waals surface area contributed by atoms with Crippen molar-refractivity contribution in [1.29, 1.82) is 5.26 Å². The number of nitrogens with zero attached hydrogens (tertiary/aromatic N) is 2. The molecule has 25 heavy (non-hydrogen) atoms. The lowest BCUT2D eigenvalue weighted by Gasteiger charge is -2.13. The fraction of sp³-hybridized carbons (Fsp3) is 0.125. The van der Waals surface area contributed by atoms with Gasteiger partial charge in [0.25, 0.3) is 5.91 Å². The van der Waals surface area contributed by atoms with Crippen molar-refractivity contribution in [2.75, 3.05) is 19.4 Å². The molecule has 1 amide bonds. The van der Waals surface area contributed by atoms with Gasteiger partial charge in [-0.2, -0.15) is 5.26 Å². The minimum atomic E-state index is -3.70. The number of carbonyl (C=O) groups excluding carboxylic acids is 1. The van der Waals surface area contributed by atoms with Crippen molar-refractivity contribution in [2.45, 2.75) is 4.90 Å². The standard InChI is InChI=1S/C16H13Cl2N3O3S/c1-21(2)25(23,24)12-5-6-14(17)13(8-12)16(22)20-11-4-3-10(9-19)15(18)7-11/h3-8H,1-2H3,(H,20,22). The number of rotatable bonds is 4. The van der Waals surface area contributed by atoms with Crippen LogP contribution in [0.3, 0.4) is 0 Å². The number of sulfonamides is 1. The van der Waals surface area contributed by atoms with Gasteiger partial charge in [0.2, 0.25) is 10.0 Å². The van der Waals surface area contributed by atoms with Crippen molar-refractivity contribution < 1.29 is 13.2 Å². The number of hydrogen-bond acceptors (Lipinski definition) is 4. The molecule has 2 rings (SSSR count). The zero-order valence-corrected chi connectivity index (χ0v) is 15.6. The predicted molar refractivity (Wildman–Crippen MR) is 96.4 cm³/mol. The third-order valence-corrected chi connectivity index (χ3v) is 5.76. The molecule has 1 N–H and O–H groups in total. The van der Waals surface area contributed by atoms with E-state index in [0.717, 1.165) is 4.31 Å². The Morgan fingerprint density at radius 2 is 1.80 bits per heavy atom. The number of hydrogen-bond donors (Lipinski definition) is 1. The van der Waals surface area contributed by atoms with Crippen LogP contribution in [-0.2, 0) is 10.0 Å². The Morgan fingerprint density at radius 1 is 1.12 bits per heavy atom. The second-order valence-electron chi connectivity index (χ2n) is 5.19. The van der Waals surface area contributed by atoms with Crippen LogP contribution in [-0.4, -0.2) is 32.7 Å². The molecule has 0 atom stereocenters. The molecule has 0 unspecified atom stereocenters. The van der Waals surface area contributed by atoms with Crippen LogP contribution < -0.4 is 5.32 Å². The average Bonchev–Trinajstić information content (AvgIpc) is 2.55. The van der Waals surface area contributed by atoms with Gasteiger partial charge in [-0.15, -0.1) is 0 Å². The quantitative estimate of drug-likeness (QED) is 0.855. The highest BCUT2D eigenvalue weighted by Crippen LogP contribution is 2.25. The molecule has 0 heterocycles. The van der Waals surface area contributed by atoms with Gasteiger partial charge >= 0.3 is 0 Å². The van der Waals surface area contributed by atoms with Crippen molar-refractivity contribution in [3.63, 3.8) is 0 Å². The van der Waals surface area contributed by atoms with Gasteiger partial charge in [0.1, 0.15) is 6.07 Å². The van der Waals surface area contributed by atoms with Gasteiger partial charge in [-0.1, -0.05) is 23.2 Å². The van der Waals surface area contributed by atoms with Crippen LogP contribution >= 0.6 is 23.2 Å². The summed E-state index contributed by atoms with van der Waals surface area (Å²) in [5.74, 6) is -0.596. The summed E-state index contributed by atoms with van der Waals surface area (Å²) < 4.78 is 25.4. The molecule has 2 aromatic carbocycles. The molecule has 2 aromatic rings. The molecule has 0 bridgehead atoms. The van der Waals surface area contributed by atoms with Crippen molar-refractivity contribution in [1.82, 2.24) is 4.31 Å². The highest BCUT2D eigenvalue weighted by atomic mass is 35.5. The van der Waals surface area contributed by atoms with Crippen molar-refractivity contribution in [2.24, 2.45) is 0 Å². The zero-order chi connectivity index (χ0) is 18.8. The summed E-state index contributed by atoms with van der Waals surface area (Å²) in [6.45, 7) is 0. The van der Waals surface area contributed by atoms with Crippen LogP contribution in [0.15, 0.2) is 41.3 Å². The van der Waals surface area contributed by atoms with E-state index in [4.69, 9.17) is 28.5 Å². The summed E-state index contributed by atoms with van der Waals surface area (Å²) in [7, 11) is -0.918.